The summed E-state index contributed by atoms with van der Waals surface area (Å²) in [5, 5.41) is 17.5. The van der Waals surface area contributed by atoms with Gasteiger partial charge >= 0.3 is 12.4 Å². The Balaban J connectivity index is 1.62. The smallest absolute Gasteiger partial charge is 0.353 e. The average molecular weight is 534 g/mol. The van der Waals surface area contributed by atoms with Gasteiger partial charge < -0.3 is 26.0 Å². The minimum absolute atomic E-state index is 0.0411. The number of fused-ring (bicyclic) bond motifs is 1. The van der Waals surface area contributed by atoms with Gasteiger partial charge in [-0.25, -0.2) is 10.3 Å². The van der Waals surface area contributed by atoms with E-state index in [1.54, 1.807) is 6.92 Å². The number of hydrogen-bond donors (Lipinski definition) is 5. The van der Waals surface area contributed by atoms with Crippen LogP contribution in [0.25, 0.3) is 0 Å². The third-order valence-corrected chi connectivity index (χ3v) is 7.98. The summed E-state index contributed by atoms with van der Waals surface area (Å²) >= 11 is 1.27. The lowest BCUT2D eigenvalue weighted by Crippen LogP contribution is -2.66. The Labute approximate surface area is 209 Å². The highest BCUT2D eigenvalue weighted by molar-refractivity contribution is 8.03. The van der Waals surface area contributed by atoms with Gasteiger partial charge in [-0.2, -0.15) is 8.78 Å². The summed E-state index contributed by atoms with van der Waals surface area (Å²) < 4.78 is 25.3. The number of halogens is 2. The Kier molecular flexibility index (Phi) is 8.89. The van der Waals surface area contributed by atoms with Crippen molar-refractivity contribution < 1.29 is 42.7 Å². The van der Waals surface area contributed by atoms with Crippen molar-refractivity contribution in [2.24, 2.45) is 11.8 Å². The van der Waals surface area contributed by atoms with Gasteiger partial charge in [0.05, 0.1) is 25.1 Å². The number of nitrogens with zero attached hydrogens (tertiary/aromatic N) is 1. The number of carboxylic acid groups (broad SMARTS) is 1. The number of β-lactam (4-membered cyclic amide) rings is 1. The SMILES string of the molecule is CONC(=O)CCNC(=O)[C@@H]1C[C@H](SC2=C(C(=O)O)N3C(=O)[C@H]([C@@H](C)NC(=O)C(F)F)[C@H]3[C@H]2C)CN1. The monoisotopic (exact) mass is 533 g/mol. The van der Waals surface area contributed by atoms with E-state index in [-0.39, 0.29) is 35.7 Å². The van der Waals surface area contributed by atoms with Gasteiger partial charge in [-0.05, 0) is 13.3 Å². The van der Waals surface area contributed by atoms with Crippen molar-refractivity contribution >= 4 is 41.4 Å². The van der Waals surface area contributed by atoms with Crippen molar-refractivity contribution in [1.29, 1.82) is 0 Å². The van der Waals surface area contributed by atoms with E-state index < -0.39 is 54.2 Å². The third-order valence-electron chi connectivity index (χ3n) is 6.47. The molecule has 0 spiro atoms. The first-order valence-electron chi connectivity index (χ1n) is 11.4. The second-order valence-corrected chi connectivity index (χ2v) is 10.2. The van der Waals surface area contributed by atoms with Gasteiger partial charge in [0, 0.05) is 41.6 Å². The zero-order valence-corrected chi connectivity index (χ0v) is 20.7. The molecule has 3 rings (SSSR count). The largest absolute Gasteiger partial charge is 0.477 e. The number of hydroxylamine groups is 1. The number of rotatable bonds is 11. The lowest BCUT2D eigenvalue weighted by Gasteiger charge is -2.47. The number of hydrogen-bond acceptors (Lipinski definition) is 8. The Hall–Kier alpha value is -2.78. The molecule has 0 aromatic rings. The van der Waals surface area contributed by atoms with Gasteiger partial charge in [0.1, 0.15) is 5.70 Å². The molecule has 2 saturated heterocycles. The highest BCUT2D eigenvalue weighted by atomic mass is 32.2. The fourth-order valence-electron chi connectivity index (χ4n) is 4.83. The molecule has 36 heavy (non-hydrogen) atoms. The summed E-state index contributed by atoms with van der Waals surface area (Å²) in [6.45, 7) is 3.74. The van der Waals surface area contributed by atoms with Crippen LogP contribution in [0.3, 0.4) is 0 Å². The highest BCUT2D eigenvalue weighted by Gasteiger charge is 2.60. The molecule has 6 atom stereocenters. The zero-order valence-electron chi connectivity index (χ0n) is 19.9. The van der Waals surface area contributed by atoms with Gasteiger partial charge in [0.2, 0.25) is 17.7 Å². The quantitative estimate of drug-likeness (QED) is 0.168. The van der Waals surface area contributed by atoms with E-state index in [4.69, 9.17) is 0 Å². The van der Waals surface area contributed by atoms with Crippen LogP contribution in [-0.2, 0) is 28.8 Å². The van der Waals surface area contributed by atoms with Crippen LogP contribution in [0.4, 0.5) is 8.78 Å². The van der Waals surface area contributed by atoms with Crippen LogP contribution >= 0.6 is 11.8 Å². The van der Waals surface area contributed by atoms with Gasteiger partial charge in [-0.15, -0.1) is 11.8 Å². The maximum atomic E-state index is 12.8. The summed E-state index contributed by atoms with van der Waals surface area (Å²) in [6.07, 6.45) is -2.78. The van der Waals surface area contributed by atoms with Crippen LogP contribution in [0, 0.1) is 11.8 Å². The lowest BCUT2D eigenvalue weighted by atomic mass is 9.78. The molecule has 0 radical (unpaired) electrons. The molecule has 3 aliphatic rings. The molecule has 2 fully saturated rings. The van der Waals surface area contributed by atoms with Crippen molar-refractivity contribution in [3.8, 4) is 0 Å². The van der Waals surface area contributed by atoms with Crippen molar-refractivity contribution in [2.75, 3.05) is 20.2 Å². The minimum Gasteiger partial charge on any atom is -0.477 e. The number of carbonyl (C=O) groups is 5. The highest BCUT2D eigenvalue weighted by Crippen LogP contribution is 2.51. The molecular formula is C21H29F2N5O7S. The van der Waals surface area contributed by atoms with E-state index in [9.17, 15) is 37.9 Å². The minimum atomic E-state index is -3.22. The Morgan fingerprint density at radius 3 is 2.61 bits per heavy atom. The summed E-state index contributed by atoms with van der Waals surface area (Å²) in [5.41, 5.74) is 2.00. The van der Waals surface area contributed by atoms with Crippen LogP contribution in [0.1, 0.15) is 26.7 Å². The molecule has 0 aromatic heterocycles. The van der Waals surface area contributed by atoms with Crippen LogP contribution in [0.15, 0.2) is 10.6 Å². The van der Waals surface area contributed by atoms with Gasteiger partial charge in [0.15, 0.2) is 0 Å². The predicted molar refractivity (Wildman–Crippen MR) is 122 cm³/mol. The molecule has 0 saturated carbocycles. The van der Waals surface area contributed by atoms with Crippen LogP contribution in [0.5, 0.6) is 0 Å². The van der Waals surface area contributed by atoms with E-state index in [1.807, 2.05) is 0 Å². The van der Waals surface area contributed by atoms with E-state index in [0.29, 0.717) is 17.9 Å². The molecular weight excluding hydrogens is 504 g/mol. The first-order valence-corrected chi connectivity index (χ1v) is 12.2. The average Bonchev–Trinajstić information content (AvgIpc) is 3.36. The van der Waals surface area contributed by atoms with Gasteiger partial charge in [-0.1, -0.05) is 6.92 Å². The number of nitrogens with one attached hydrogen (secondary N) is 4. The van der Waals surface area contributed by atoms with Crippen LogP contribution in [0.2, 0.25) is 0 Å². The molecule has 3 aliphatic heterocycles. The molecule has 0 aromatic carbocycles. The molecule has 0 unspecified atom stereocenters. The van der Waals surface area contributed by atoms with Gasteiger partial charge in [0.25, 0.3) is 5.91 Å². The van der Waals surface area contributed by atoms with Crippen LogP contribution in [-0.4, -0.2) is 89.6 Å². The van der Waals surface area contributed by atoms with E-state index in [2.05, 4.69) is 26.3 Å². The summed E-state index contributed by atoms with van der Waals surface area (Å²) in [7, 11) is 1.30. The first kappa shape index (κ1) is 27.8. The Bertz CT molecular complexity index is 965. The second-order valence-electron chi connectivity index (χ2n) is 8.84. The molecule has 0 bridgehead atoms. The molecule has 12 nitrogen and oxygen atoms in total. The number of aliphatic carboxylic acids is 1. The van der Waals surface area contributed by atoms with Crippen LogP contribution < -0.4 is 21.4 Å². The molecule has 0 aliphatic carbocycles. The first-order chi connectivity index (χ1) is 17.0. The molecule has 5 N–H and O–H groups in total. The number of amides is 4. The fourth-order valence-corrected chi connectivity index (χ4v) is 6.31. The zero-order chi connectivity index (χ0) is 26.7. The molecule has 3 heterocycles. The van der Waals surface area contributed by atoms with E-state index in [0.717, 1.165) is 0 Å². The third kappa shape index (κ3) is 5.62. The maximum absolute atomic E-state index is 12.8. The summed E-state index contributed by atoms with van der Waals surface area (Å²) in [5.74, 6) is -5.21. The number of carboxylic acids is 1. The van der Waals surface area contributed by atoms with Crippen molar-refractivity contribution in [2.45, 2.75) is 56.5 Å². The standard InChI is InChI=1S/C21H29F2N5O7S/c1-8-14-13(9(2)26-19(31)17(22)23)20(32)28(14)15(21(33)34)16(8)36-10-6-11(25-7-10)18(30)24-5-4-12(29)27-35-3/h8-11,13-14,17,25H,4-7H2,1-3H3,(H,24,30)(H,26,31)(H,27,29)(H,33,34)/t8-,9-,10+,11+,13-,14-/m1/s1. The van der Waals surface area contributed by atoms with E-state index >= 15 is 0 Å². The number of alkyl halides is 2. The summed E-state index contributed by atoms with van der Waals surface area (Å²) in [4.78, 5) is 66.2. The molecule has 200 valence electrons. The summed E-state index contributed by atoms with van der Waals surface area (Å²) in [6, 6.07) is -2.00. The Morgan fingerprint density at radius 1 is 1.31 bits per heavy atom. The van der Waals surface area contributed by atoms with Crippen molar-refractivity contribution in [3.05, 3.63) is 10.6 Å². The van der Waals surface area contributed by atoms with E-state index in [1.165, 1.54) is 30.7 Å². The second kappa shape index (κ2) is 11.5. The fraction of sp³-hybridized carbons (Fsp3) is 0.667. The molecule has 4 amide bonds. The number of thioether (sulfide) groups is 1. The molecule has 15 heteroatoms. The topological polar surface area (TPSA) is 166 Å². The lowest BCUT2D eigenvalue weighted by molar-refractivity contribution is -0.159. The van der Waals surface area contributed by atoms with Crippen molar-refractivity contribution in [1.82, 2.24) is 26.3 Å². The Morgan fingerprint density at radius 2 is 2.00 bits per heavy atom. The predicted octanol–water partition coefficient (Wildman–Crippen LogP) is -0.823. The van der Waals surface area contributed by atoms with Crippen molar-refractivity contribution in [3.63, 3.8) is 0 Å². The number of carbonyl (C=O) groups excluding carboxylic acids is 4. The van der Waals surface area contributed by atoms with Gasteiger partial charge in [-0.3, -0.25) is 24.0 Å². The normalized spacial score (nSPS) is 28.0. The maximum Gasteiger partial charge on any atom is 0.353 e.